The van der Waals surface area contributed by atoms with Crippen LogP contribution in [-0.2, 0) is 0 Å². The lowest BCUT2D eigenvalue weighted by Crippen LogP contribution is -1.78. The summed E-state index contributed by atoms with van der Waals surface area (Å²) in [5.74, 6) is 0. The zero-order chi connectivity index (χ0) is 9.12. The van der Waals surface area contributed by atoms with E-state index in [2.05, 4.69) is 39.7 Å². The van der Waals surface area contributed by atoms with Crippen LogP contribution >= 0.6 is 11.3 Å². The predicted molar refractivity (Wildman–Crippen MR) is 59.3 cm³/mol. The van der Waals surface area contributed by atoms with Crippen LogP contribution in [0.5, 0.6) is 0 Å². The summed E-state index contributed by atoms with van der Waals surface area (Å²) in [6.07, 6.45) is 0. The summed E-state index contributed by atoms with van der Waals surface area (Å²) in [6, 6.07) is 12.6. The van der Waals surface area contributed by atoms with E-state index >= 15 is 0 Å². The van der Waals surface area contributed by atoms with Crippen LogP contribution in [0.25, 0.3) is 26.2 Å². The van der Waals surface area contributed by atoms with E-state index in [9.17, 15) is 0 Å². The molecule has 0 spiro atoms. The normalized spacial score (nSPS) is 12.3. The van der Waals surface area contributed by atoms with Crippen molar-refractivity contribution in [2.45, 2.75) is 0 Å². The second kappa shape index (κ2) is 2.07. The molecule has 4 rings (SSSR count). The van der Waals surface area contributed by atoms with Crippen molar-refractivity contribution in [2.75, 3.05) is 0 Å². The van der Waals surface area contributed by atoms with E-state index < -0.39 is 0 Å². The molecule has 0 amide bonds. The molecule has 3 heterocycles. The van der Waals surface area contributed by atoms with E-state index in [1.54, 1.807) is 11.3 Å². The molecule has 0 radical (unpaired) electrons. The van der Waals surface area contributed by atoms with E-state index in [-0.39, 0.29) is 0 Å². The summed E-state index contributed by atoms with van der Waals surface area (Å²) >= 11 is 1.80. The van der Waals surface area contributed by atoms with E-state index in [0.29, 0.717) is 0 Å². The molecule has 0 atom stereocenters. The van der Waals surface area contributed by atoms with E-state index in [0.717, 1.165) is 11.2 Å². The van der Waals surface area contributed by atoms with Gasteiger partial charge in [0.25, 0.3) is 0 Å². The van der Waals surface area contributed by atoms with Crippen molar-refractivity contribution in [3.63, 3.8) is 0 Å². The van der Waals surface area contributed by atoms with Crippen molar-refractivity contribution in [2.24, 2.45) is 0 Å². The van der Waals surface area contributed by atoms with Gasteiger partial charge in [-0.1, -0.05) is 12.1 Å². The molecule has 3 aromatic heterocycles. The minimum absolute atomic E-state index is 1.08. The number of hydrogen-bond acceptors (Lipinski definition) is 2. The van der Waals surface area contributed by atoms with Gasteiger partial charge in [-0.3, -0.25) is 4.40 Å². The standard InChI is InChI=1S/C11H6N2S/c1-2-4-8-7(3-1)12-11-9-5-6-10(14-9)13(8)11/h1-6H. The Balaban J connectivity index is 2.48. The Morgan fingerprint density at radius 1 is 1.07 bits per heavy atom. The number of rotatable bonds is 0. The Labute approximate surface area is 83.8 Å². The molecule has 14 heavy (non-hydrogen) atoms. The molecule has 4 aromatic rings. The molecule has 0 saturated carbocycles. The van der Waals surface area contributed by atoms with E-state index in [1.807, 2.05) is 6.07 Å². The summed E-state index contributed by atoms with van der Waals surface area (Å²) in [5.41, 5.74) is 3.40. The zero-order valence-electron chi connectivity index (χ0n) is 7.27. The van der Waals surface area contributed by atoms with Crippen molar-refractivity contribution in [1.29, 1.82) is 0 Å². The Bertz CT molecular complexity index is 735. The van der Waals surface area contributed by atoms with Gasteiger partial charge in [0.05, 0.1) is 15.7 Å². The topological polar surface area (TPSA) is 17.3 Å². The average Bonchev–Trinajstić information content (AvgIpc) is 2.88. The molecule has 66 valence electrons. The molecule has 2 nitrogen and oxygen atoms in total. The number of thiophene rings is 1. The van der Waals surface area contributed by atoms with Crippen LogP contribution in [0.4, 0.5) is 0 Å². The fraction of sp³-hybridized carbons (Fsp3) is 0. The molecule has 0 aliphatic rings. The fourth-order valence-corrected chi connectivity index (χ4v) is 2.98. The van der Waals surface area contributed by atoms with Crippen LogP contribution in [-0.4, -0.2) is 9.38 Å². The smallest absolute Gasteiger partial charge is 0.156 e. The largest absolute Gasteiger partial charge is 0.283 e. The van der Waals surface area contributed by atoms with Gasteiger partial charge in [0, 0.05) is 0 Å². The SMILES string of the molecule is c1ccc2c(c1)nc1c3ccc(s3)n21. The maximum atomic E-state index is 4.61. The predicted octanol–water partition coefficient (Wildman–Crippen LogP) is 3.14. The number of para-hydroxylation sites is 2. The number of hydrogen-bond donors (Lipinski definition) is 0. The number of nitrogens with zero attached hydrogens (tertiary/aromatic N) is 2. The summed E-state index contributed by atoms with van der Waals surface area (Å²) in [4.78, 5) is 5.89. The molecule has 0 saturated heterocycles. The highest BCUT2D eigenvalue weighted by molar-refractivity contribution is 7.24. The molecule has 2 bridgehead atoms. The van der Waals surface area contributed by atoms with Gasteiger partial charge < -0.3 is 0 Å². The molecule has 0 fully saturated rings. The lowest BCUT2D eigenvalue weighted by atomic mass is 10.3. The third-order valence-corrected chi connectivity index (χ3v) is 3.66. The van der Waals surface area contributed by atoms with Crippen molar-refractivity contribution >= 4 is 37.5 Å². The van der Waals surface area contributed by atoms with Crippen LogP contribution in [0, 0.1) is 0 Å². The molecule has 0 N–H and O–H groups in total. The first-order chi connectivity index (χ1) is 6.93. The number of imidazole rings is 1. The second-order valence-corrected chi connectivity index (χ2v) is 4.46. The van der Waals surface area contributed by atoms with Crippen molar-refractivity contribution in [3.8, 4) is 0 Å². The number of benzene rings is 1. The van der Waals surface area contributed by atoms with Gasteiger partial charge in [0.1, 0.15) is 4.83 Å². The van der Waals surface area contributed by atoms with Gasteiger partial charge in [-0.25, -0.2) is 4.98 Å². The van der Waals surface area contributed by atoms with Gasteiger partial charge in [0.15, 0.2) is 5.65 Å². The van der Waals surface area contributed by atoms with Crippen molar-refractivity contribution < 1.29 is 0 Å². The van der Waals surface area contributed by atoms with Crippen LogP contribution in [0.1, 0.15) is 0 Å². The number of thiazole rings is 1. The second-order valence-electron chi connectivity index (χ2n) is 3.40. The molecule has 1 aromatic carbocycles. The van der Waals surface area contributed by atoms with Crippen LogP contribution in [0.3, 0.4) is 0 Å². The first-order valence-corrected chi connectivity index (χ1v) is 5.33. The van der Waals surface area contributed by atoms with Crippen molar-refractivity contribution in [3.05, 3.63) is 36.4 Å². The van der Waals surface area contributed by atoms with Crippen LogP contribution in [0.15, 0.2) is 36.4 Å². The molecule has 0 aliphatic carbocycles. The Morgan fingerprint density at radius 2 is 2.00 bits per heavy atom. The third kappa shape index (κ3) is 0.622. The highest BCUT2D eigenvalue weighted by Gasteiger charge is 2.11. The summed E-state index contributed by atoms with van der Waals surface area (Å²) in [7, 11) is 0. The fourth-order valence-electron chi connectivity index (χ4n) is 1.98. The molecular formula is C11H6N2S. The lowest BCUT2D eigenvalue weighted by Gasteiger charge is -1.90. The zero-order valence-corrected chi connectivity index (χ0v) is 8.08. The minimum atomic E-state index is 1.08. The maximum Gasteiger partial charge on any atom is 0.156 e. The van der Waals surface area contributed by atoms with Crippen molar-refractivity contribution in [1.82, 2.24) is 9.38 Å². The average molecular weight is 198 g/mol. The maximum absolute atomic E-state index is 4.61. The first-order valence-electron chi connectivity index (χ1n) is 4.51. The summed E-state index contributed by atoms with van der Waals surface area (Å²) in [5, 5.41) is 0. The van der Waals surface area contributed by atoms with Gasteiger partial charge >= 0.3 is 0 Å². The first kappa shape index (κ1) is 6.79. The van der Waals surface area contributed by atoms with Gasteiger partial charge in [-0.15, -0.1) is 11.3 Å². The lowest BCUT2D eigenvalue weighted by molar-refractivity contribution is 1.34. The highest BCUT2D eigenvalue weighted by Crippen LogP contribution is 2.32. The summed E-state index contributed by atoms with van der Waals surface area (Å²) < 4.78 is 3.51. The molecule has 3 heteroatoms. The van der Waals surface area contributed by atoms with Gasteiger partial charge in [-0.05, 0) is 24.3 Å². The quantitative estimate of drug-likeness (QED) is 0.424. The molecular weight excluding hydrogens is 192 g/mol. The van der Waals surface area contributed by atoms with E-state index in [1.165, 1.54) is 15.0 Å². The number of fused-ring (bicyclic) bond motifs is 7. The van der Waals surface area contributed by atoms with E-state index in [4.69, 9.17) is 0 Å². The van der Waals surface area contributed by atoms with Crippen LogP contribution < -0.4 is 0 Å². The number of pyridine rings is 1. The van der Waals surface area contributed by atoms with Crippen LogP contribution in [0.2, 0.25) is 0 Å². The Hall–Kier alpha value is -1.61. The summed E-state index contributed by atoms with van der Waals surface area (Å²) in [6.45, 7) is 0. The van der Waals surface area contributed by atoms with Gasteiger partial charge in [0.2, 0.25) is 0 Å². The molecule has 0 aliphatic heterocycles. The third-order valence-electron chi connectivity index (χ3n) is 2.59. The monoisotopic (exact) mass is 198 g/mol. The highest BCUT2D eigenvalue weighted by atomic mass is 32.1. The molecule has 0 unspecified atom stereocenters. The minimum Gasteiger partial charge on any atom is -0.283 e. The van der Waals surface area contributed by atoms with Gasteiger partial charge in [-0.2, -0.15) is 0 Å². The Morgan fingerprint density at radius 3 is 3.00 bits per heavy atom. The Kier molecular flexibility index (Phi) is 1.00. The number of aromatic nitrogens is 2.